The molecule has 2 saturated carbocycles. The first-order chi connectivity index (χ1) is 9.67. The van der Waals surface area contributed by atoms with Gasteiger partial charge in [-0.25, -0.2) is 0 Å². The van der Waals surface area contributed by atoms with Crippen LogP contribution >= 0.6 is 11.8 Å². The second-order valence-electron chi connectivity index (χ2n) is 6.73. The predicted molar refractivity (Wildman–Crippen MR) is 86.9 cm³/mol. The van der Waals surface area contributed by atoms with Crippen LogP contribution in [0.3, 0.4) is 0 Å². The molecular weight excluding hydrogens is 268 g/mol. The standard InChI is InChI=1S/C16H30N2OS/c1-20-14-7-5-6-13(10-14)18-15(19)11-16(12-17)8-3-2-4-9-16/h13-14H,2-12,17H2,1H3,(H,18,19). The lowest BCUT2D eigenvalue weighted by atomic mass is 9.71. The summed E-state index contributed by atoms with van der Waals surface area (Å²) in [7, 11) is 0. The molecule has 2 atom stereocenters. The van der Waals surface area contributed by atoms with Gasteiger partial charge in [-0.15, -0.1) is 0 Å². The minimum atomic E-state index is 0.0932. The largest absolute Gasteiger partial charge is 0.353 e. The number of carbonyl (C=O) groups is 1. The van der Waals surface area contributed by atoms with Gasteiger partial charge in [-0.3, -0.25) is 4.79 Å². The van der Waals surface area contributed by atoms with E-state index in [0.717, 1.165) is 30.9 Å². The van der Waals surface area contributed by atoms with Gasteiger partial charge in [-0.1, -0.05) is 25.7 Å². The van der Waals surface area contributed by atoms with Gasteiger partial charge in [0.05, 0.1) is 0 Å². The maximum absolute atomic E-state index is 12.4. The molecule has 4 heteroatoms. The van der Waals surface area contributed by atoms with E-state index in [1.807, 2.05) is 11.8 Å². The van der Waals surface area contributed by atoms with E-state index in [-0.39, 0.29) is 11.3 Å². The Labute approximate surface area is 127 Å². The molecule has 0 bridgehead atoms. The van der Waals surface area contributed by atoms with Crippen LogP contribution in [-0.2, 0) is 4.79 Å². The Hall–Kier alpha value is -0.220. The molecule has 1 amide bonds. The smallest absolute Gasteiger partial charge is 0.220 e. The van der Waals surface area contributed by atoms with Crippen molar-refractivity contribution in [3.63, 3.8) is 0 Å². The minimum absolute atomic E-state index is 0.0932. The highest BCUT2D eigenvalue weighted by molar-refractivity contribution is 7.99. The number of carbonyl (C=O) groups excluding carboxylic acids is 1. The van der Waals surface area contributed by atoms with E-state index in [1.54, 1.807) is 0 Å². The molecule has 0 aliphatic heterocycles. The molecule has 2 rings (SSSR count). The fraction of sp³-hybridized carbons (Fsp3) is 0.938. The van der Waals surface area contributed by atoms with Gasteiger partial charge >= 0.3 is 0 Å². The molecule has 0 aromatic carbocycles. The summed E-state index contributed by atoms with van der Waals surface area (Å²) in [6, 6.07) is 0.395. The summed E-state index contributed by atoms with van der Waals surface area (Å²) in [6.45, 7) is 0.665. The second-order valence-corrected chi connectivity index (χ2v) is 7.87. The molecule has 116 valence electrons. The van der Waals surface area contributed by atoms with Crippen molar-refractivity contribution in [3.8, 4) is 0 Å². The highest BCUT2D eigenvalue weighted by Crippen LogP contribution is 2.38. The maximum atomic E-state index is 12.4. The number of hydrogen-bond acceptors (Lipinski definition) is 3. The first-order valence-electron chi connectivity index (χ1n) is 8.20. The van der Waals surface area contributed by atoms with Crippen molar-refractivity contribution in [2.75, 3.05) is 12.8 Å². The lowest BCUT2D eigenvalue weighted by molar-refractivity contribution is -0.124. The summed E-state index contributed by atoms with van der Waals surface area (Å²) in [4.78, 5) is 12.4. The quantitative estimate of drug-likeness (QED) is 0.820. The van der Waals surface area contributed by atoms with Gasteiger partial charge in [0.1, 0.15) is 0 Å². The Balaban J connectivity index is 1.81. The third kappa shape index (κ3) is 4.39. The number of hydrogen-bond donors (Lipinski definition) is 2. The fourth-order valence-corrected chi connectivity index (χ4v) is 4.69. The molecule has 2 aliphatic rings. The molecule has 2 fully saturated rings. The Bertz CT molecular complexity index is 316. The molecule has 0 heterocycles. The lowest BCUT2D eigenvalue weighted by Gasteiger charge is -2.36. The van der Waals surface area contributed by atoms with E-state index in [1.165, 1.54) is 32.1 Å². The monoisotopic (exact) mass is 298 g/mol. The van der Waals surface area contributed by atoms with Crippen LogP contribution in [0.25, 0.3) is 0 Å². The molecule has 2 unspecified atom stereocenters. The Morgan fingerprint density at radius 1 is 1.25 bits per heavy atom. The average molecular weight is 298 g/mol. The Kier molecular flexibility index (Phi) is 6.21. The maximum Gasteiger partial charge on any atom is 0.220 e. The summed E-state index contributed by atoms with van der Waals surface area (Å²) in [6.07, 6.45) is 13.7. The predicted octanol–water partition coefficient (Wildman–Crippen LogP) is 3.08. The van der Waals surface area contributed by atoms with Gasteiger partial charge in [-0.05, 0) is 50.3 Å². The van der Waals surface area contributed by atoms with E-state index in [9.17, 15) is 4.79 Å². The van der Waals surface area contributed by atoms with Crippen LogP contribution in [0.2, 0.25) is 0 Å². The van der Waals surface area contributed by atoms with Crippen molar-refractivity contribution in [2.45, 2.75) is 75.5 Å². The summed E-state index contributed by atoms with van der Waals surface area (Å²) in [5, 5.41) is 4.01. The van der Waals surface area contributed by atoms with Crippen LogP contribution in [0.1, 0.15) is 64.2 Å². The highest BCUT2D eigenvalue weighted by Gasteiger charge is 2.33. The topological polar surface area (TPSA) is 55.1 Å². The molecular formula is C16H30N2OS. The van der Waals surface area contributed by atoms with Gasteiger partial charge in [0.25, 0.3) is 0 Å². The number of rotatable bonds is 5. The Morgan fingerprint density at radius 2 is 2.00 bits per heavy atom. The molecule has 3 N–H and O–H groups in total. The number of nitrogens with one attached hydrogen (secondary N) is 1. The van der Waals surface area contributed by atoms with Crippen LogP contribution in [0.15, 0.2) is 0 Å². The summed E-state index contributed by atoms with van der Waals surface area (Å²) in [5.74, 6) is 0.240. The van der Waals surface area contributed by atoms with E-state index in [4.69, 9.17) is 5.73 Å². The summed E-state index contributed by atoms with van der Waals surface area (Å²) < 4.78 is 0. The molecule has 0 saturated heterocycles. The zero-order valence-corrected chi connectivity index (χ0v) is 13.6. The number of amides is 1. The number of nitrogens with two attached hydrogens (primary N) is 1. The van der Waals surface area contributed by atoms with Gasteiger partial charge < -0.3 is 11.1 Å². The van der Waals surface area contributed by atoms with Crippen molar-refractivity contribution in [3.05, 3.63) is 0 Å². The van der Waals surface area contributed by atoms with E-state index in [0.29, 0.717) is 19.0 Å². The minimum Gasteiger partial charge on any atom is -0.353 e. The van der Waals surface area contributed by atoms with Crippen molar-refractivity contribution in [2.24, 2.45) is 11.1 Å². The molecule has 0 aromatic heterocycles. The number of thioether (sulfide) groups is 1. The molecule has 0 aromatic rings. The zero-order valence-electron chi connectivity index (χ0n) is 12.8. The Morgan fingerprint density at radius 3 is 2.65 bits per heavy atom. The van der Waals surface area contributed by atoms with Gasteiger partial charge in [-0.2, -0.15) is 11.8 Å². The van der Waals surface area contributed by atoms with Gasteiger partial charge in [0.2, 0.25) is 5.91 Å². The average Bonchev–Trinajstić information content (AvgIpc) is 2.48. The van der Waals surface area contributed by atoms with Crippen LogP contribution < -0.4 is 11.1 Å². The lowest BCUT2D eigenvalue weighted by Crippen LogP contribution is -2.43. The van der Waals surface area contributed by atoms with Crippen LogP contribution in [0.4, 0.5) is 0 Å². The molecule has 0 radical (unpaired) electrons. The summed E-state index contributed by atoms with van der Waals surface area (Å²) >= 11 is 1.94. The van der Waals surface area contributed by atoms with Crippen molar-refractivity contribution >= 4 is 17.7 Å². The normalized spacial score (nSPS) is 29.9. The highest BCUT2D eigenvalue weighted by atomic mass is 32.2. The first-order valence-corrected chi connectivity index (χ1v) is 9.48. The van der Waals surface area contributed by atoms with Gasteiger partial charge in [0.15, 0.2) is 0 Å². The van der Waals surface area contributed by atoms with E-state index in [2.05, 4.69) is 11.6 Å². The summed E-state index contributed by atoms with van der Waals surface area (Å²) in [5.41, 5.74) is 6.07. The molecule has 3 nitrogen and oxygen atoms in total. The fourth-order valence-electron chi connectivity index (χ4n) is 3.86. The zero-order chi connectivity index (χ0) is 14.4. The van der Waals surface area contributed by atoms with Crippen molar-refractivity contribution in [1.29, 1.82) is 0 Å². The second kappa shape index (κ2) is 7.69. The molecule has 20 heavy (non-hydrogen) atoms. The third-order valence-corrected chi connectivity index (χ3v) is 6.30. The first kappa shape index (κ1) is 16.2. The van der Waals surface area contributed by atoms with Crippen LogP contribution in [0, 0.1) is 5.41 Å². The van der Waals surface area contributed by atoms with E-state index >= 15 is 0 Å². The van der Waals surface area contributed by atoms with E-state index < -0.39 is 0 Å². The van der Waals surface area contributed by atoms with Crippen LogP contribution in [-0.4, -0.2) is 30.0 Å². The van der Waals surface area contributed by atoms with Crippen molar-refractivity contribution < 1.29 is 4.79 Å². The van der Waals surface area contributed by atoms with Crippen molar-refractivity contribution in [1.82, 2.24) is 5.32 Å². The van der Waals surface area contributed by atoms with Crippen LogP contribution in [0.5, 0.6) is 0 Å². The third-order valence-electron chi connectivity index (χ3n) is 5.21. The molecule has 0 spiro atoms. The molecule has 2 aliphatic carbocycles. The SMILES string of the molecule is CSC1CCCC(NC(=O)CC2(CN)CCCCC2)C1. The van der Waals surface area contributed by atoms with Gasteiger partial charge in [0, 0.05) is 17.7 Å².